The summed E-state index contributed by atoms with van der Waals surface area (Å²) < 4.78 is 0. The summed E-state index contributed by atoms with van der Waals surface area (Å²) in [5.74, 6) is 0.621. The van der Waals surface area contributed by atoms with Crippen LogP contribution < -0.4 is 0 Å². The fourth-order valence-electron chi connectivity index (χ4n) is 2.87. The maximum absolute atomic E-state index is 10.8. The maximum Gasteiger partial charge on any atom is 0.269 e. The number of hydrogen-bond acceptors (Lipinski definition) is 4. The number of oxime groups is 1. The van der Waals surface area contributed by atoms with Gasteiger partial charge in [0.05, 0.1) is 10.6 Å². The van der Waals surface area contributed by atoms with Crippen molar-refractivity contribution in [2.45, 2.75) is 25.7 Å². The Kier molecular flexibility index (Phi) is 5.34. The first-order chi connectivity index (χ1) is 12.1. The lowest BCUT2D eigenvalue weighted by Crippen LogP contribution is -2.07. The van der Waals surface area contributed by atoms with E-state index in [1.54, 1.807) is 12.1 Å². The van der Waals surface area contributed by atoms with E-state index < -0.39 is 4.92 Å². The summed E-state index contributed by atoms with van der Waals surface area (Å²) >= 11 is 5.96. The molecule has 0 bridgehead atoms. The molecule has 0 heterocycles. The fourth-order valence-corrected chi connectivity index (χ4v) is 3.00. The molecule has 130 valence electrons. The molecule has 0 N–H and O–H groups in total. The lowest BCUT2D eigenvalue weighted by Gasteiger charge is -2.07. The summed E-state index contributed by atoms with van der Waals surface area (Å²) in [5, 5.41) is 15.9. The zero-order chi connectivity index (χ0) is 17.8. The van der Waals surface area contributed by atoms with Gasteiger partial charge in [-0.1, -0.05) is 35.8 Å². The molecule has 1 fully saturated rings. The number of benzene rings is 2. The molecule has 0 amide bonds. The molecule has 0 aromatic heterocycles. The normalized spacial score (nSPS) is 19.5. The molecular weight excluding hydrogens is 340 g/mol. The first-order valence-electron chi connectivity index (χ1n) is 8.30. The van der Waals surface area contributed by atoms with Crippen LogP contribution >= 0.6 is 11.6 Å². The highest BCUT2D eigenvalue weighted by Gasteiger charge is 2.43. The maximum atomic E-state index is 10.8. The first kappa shape index (κ1) is 17.4. The van der Waals surface area contributed by atoms with Crippen LogP contribution in [0.2, 0.25) is 5.02 Å². The molecule has 2 aromatic carbocycles. The predicted octanol–water partition coefficient (Wildman–Crippen LogP) is 5.18. The van der Waals surface area contributed by atoms with Gasteiger partial charge in [0.15, 0.2) is 0 Å². The minimum atomic E-state index is -0.401. The van der Waals surface area contributed by atoms with E-state index in [1.807, 2.05) is 31.2 Å². The molecule has 0 radical (unpaired) electrons. The van der Waals surface area contributed by atoms with Crippen molar-refractivity contribution in [3.05, 3.63) is 74.8 Å². The van der Waals surface area contributed by atoms with Crippen LogP contribution in [-0.4, -0.2) is 17.2 Å². The van der Waals surface area contributed by atoms with Gasteiger partial charge in [0.1, 0.15) is 6.61 Å². The fraction of sp³-hybridized carbons (Fsp3) is 0.316. The Morgan fingerprint density at radius 1 is 1.24 bits per heavy atom. The second kappa shape index (κ2) is 7.66. The monoisotopic (exact) mass is 358 g/mol. The van der Waals surface area contributed by atoms with Crippen LogP contribution in [0.1, 0.15) is 36.8 Å². The Hall–Kier alpha value is -2.40. The molecule has 2 aromatic rings. The zero-order valence-corrected chi connectivity index (χ0v) is 14.6. The second-order valence-electron chi connectivity index (χ2n) is 6.11. The van der Waals surface area contributed by atoms with E-state index in [0.29, 0.717) is 12.5 Å². The van der Waals surface area contributed by atoms with Crippen LogP contribution in [0, 0.1) is 16.0 Å². The predicted molar refractivity (Wildman–Crippen MR) is 98.2 cm³/mol. The quantitative estimate of drug-likeness (QED) is 0.296. The van der Waals surface area contributed by atoms with Crippen LogP contribution in [0.5, 0.6) is 0 Å². The van der Waals surface area contributed by atoms with Crippen molar-refractivity contribution in [2.75, 3.05) is 6.61 Å². The molecule has 1 saturated carbocycles. The summed E-state index contributed by atoms with van der Waals surface area (Å²) in [6, 6.07) is 14.3. The average Bonchev–Trinajstić information content (AvgIpc) is 3.40. The number of nitro benzene ring substituents is 1. The Bertz CT molecular complexity index is 772. The van der Waals surface area contributed by atoms with Crippen molar-refractivity contribution in [1.29, 1.82) is 0 Å². The molecular formula is C19H19ClN2O3. The molecule has 0 spiro atoms. The smallest absolute Gasteiger partial charge is 0.269 e. The minimum absolute atomic E-state index is 0.0719. The van der Waals surface area contributed by atoms with Gasteiger partial charge in [-0.3, -0.25) is 10.1 Å². The SMILES string of the molecule is CCCO/N=C(/c1ccc([N+](=O)[O-])cc1)[C@@H]1C[C@@H]1c1ccc(Cl)cc1. The lowest BCUT2D eigenvalue weighted by molar-refractivity contribution is -0.384. The third-order valence-corrected chi connectivity index (χ3v) is 4.52. The van der Waals surface area contributed by atoms with Gasteiger partial charge in [-0.2, -0.15) is 0 Å². The van der Waals surface area contributed by atoms with E-state index in [-0.39, 0.29) is 11.6 Å². The highest BCUT2D eigenvalue weighted by molar-refractivity contribution is 6.30. The van der Waals surface area contributed by atoms with E-state index in [9.17, 15) is 10.1 Å². The molecule has 0 aliphatic heterocycles. The van der Waals surface area contributed by atoms with Crippen LogP contribution in [-0.2, 0) is 4.84 Å². The number of nitro groups is 1. The topological polar surface area (TPSA) is 64.7 Å². The van der Waals surface area contributed by atoms with E-state index in [2.05, 4.69) is 5.16 Å². The van der Waals surface area contributed by atoms with Crippen LogP contribution in [0.3, 0.4) is 0 Å². The third kappa shape index (κ3) is 4.17. The van der Waals surface area contributed by atoms with Gasteiger partial charge in [-0.15, -0.1) is 0 Å². The minimum Gasteiger partial charge on any atom is -0.396 e. The van der Waals surface area contributed by atoms with Crippen molar-refractivity contribution < 1.29 is 9.76 Å². The summed E-state index contributed by atoms with van der Waals surface area (Å²) in [6.07, 6.45) is 1.86. The number of non-ortho nitro benzene ring substituents is 1. The summed E-state index contributed by atoms with van der Waals surface area (Å²) in [7, 11) is 0. The van der Waals surface area contributed by atoms with Crippen molar-refractivity contribution >= 4 is 23.0 Å². The van der Waals surface area contributed by atoms with Crippen molar-refractivity contribution in [2.24, 2.45) is 11.1 Å². The van der Waals surface area contributed by atoms with Gasteiger partial charge in [-0.05, 0) is 48.6 Å². The molecule has 5 nitrogen and oxygen atoms in total. The van der Waals surface area contributed by atoms with E-state index in [1.165, 1.54) is 17.7 Å². The standard InChI is InChI=1S/C19H19ClN2O3/c1-2-11-25-21-19(14-5-9-16(10-6-14)22(23)24)18-12-17(18)13-3-7-15(20)8-4-13/h3-10,17-18H,2,11-12H2,1H3/b21-19-/t17-,18-/m1/s1. The lowest BCUT2D eigenvalue weighted by atomic mass is 10.0. The van der Waals surface area contributed by atoms with Gasteiger partial charge < -0.3 is 4.84 Å². The van der Waals surface area contributed by atoms with Crippen molar-refractivity contribution in [1.82, 2.24) is 0 Å². The third-order valence-electron chi connectivity index (χ3n) is 4.27. The number of rotatable bonds is 7. The van der Waals surface area contributed by atoms with Gasteiger partial charge >= 0.3 is 0 Å². The average molecular weight is 359 g/mol. The second-order valence-corrected chi connectivity index (χ2v) is 6.55. The Morgan fingerprint density at radius 2 is 1.92 bits per heavy atom. The first-order valence-corrected chi connectivity index (χ1v) is 8.68. The van der Waals surface area contributed by atoms with Gasteiger partial charge in [0, 0.05) is 28.6 Å². The largest absolute Gasteiger partial charge is 0.396 e. The molecule has 3 rings (SSSR count). The van der Waals surface area contributed by atoms with Crippen molar-refractivity contribution in [3.63, 3.8) is 0 Å². The van der Waals surface area contributed by atoms with Gasteiger partial charge in [0.25, 0.3) is 5.69 Å². The Balaban J connectivity index is 1.82. The Labute approximate surface area is 151 Å². The molecule has 0 saturated heterocycles. The molecule has 2 atom stereocenters. The molecule has 0 unspecified atom stereocenters. The highest BCUT2D eigenvalue weighted by atomic mass is 35.5. The number of hydrogen-bond donors (Lipinski definition) is 0. The van der Waals surface area contributed by atoms with Crippen molar-refractivity contribution in [3.8, 4) is 0 Å². The summed E-state index contributed by atoms with van der Waals surface area (Å²) in [5.41, 5.74) is 3.01. The molecule has 6 heteroatoms. The number of nitrogens with zero attached hydrogens (tertiary/aromatic N) is 2. The Morgan fingerprint density at radius 3 is 2.52 bits per heavy atom. The molecule has 1 aliphatic rings. The summed E-state index contributed by atoms with van der Waals surface area (Å²) in [4.78, 5) is 15.9. The van der Waals surface area contributed by atoms with E-state index in [4.69, 9.17) is 16.4 Å². The van der Waals surface area contributed by atoms with E-state index >= 15 is 0 Å². The zero-order valence-electron chi connectivity index (χ0n) is 13.9. The van der Waals surface area contributed by atoms with Gasteiger partial charge in [0.2, 0.25) is 0 Å². The summed E-state index contributed by atoms with van der Waals surface area (Å²) in [6.45, 7) is 2.57. The number of halogens is 1. The molecule has 1 aliphatic carbocycles. The highest BCUT2D eigenvalue weighted by Crippen LogP contribution is 2.49. The van der Waals surface area contributed by atoms with Crippen LogP contribution in [0.15, 0.2) is 53.7 Å². The van der Waals surface area contributed by atoms with Gasteiger partial charge in [-0.25, -0.2) is 0 Å². The molecule has 25 heavy (non-hydrogen) atoms. The van der Waals surface area contributed by atoms with E-state index in [0.717, 1.165) is 29.1 Å². The van der Waals surface area contributed by atoms with Crippen LogP contribution in [0.4, 0.5) is 5.69 Å². The van der Waals surface area contributed by atoms with Crippen LogP contribution in [0.25, 0.3) is 0 Å².